The molecule has 22 heavy (non-hydrogen) atoms. The van der Waals surface area contributed by atoms with E-state index in [0.717, 1.165) is 16.1 Å². The predicted molar refractivity (Wildman–Crippen MR) is 92.9 cm³/mol. The van der Waals surface area contributed by atoms with Crippen LogP contribution in [0.5, 0.6) is 0 Å². The molecule has 0 bridgehead atoms. The van der Waals surface area contributed by atoms with Crippen molar-refractivity contribution < 1.29 is 5.11 Å². The van der Waals surface area contributed by atoms with E-state index in [2.05, 4.69) is 15.2 Å². The van der Waals surface area contributed by atoms with Gasteiger partial charge in [-0.25, -0.2) is 0 Å². The summed E-state index contributed by atoms with van der Waals surface area (Å²) >= 11 is 1.39. The van der Waals surface area contributed by atoms with E-state index in [-0.39, 0.29) is 12.4 Å². The Bertz CT molecular complexity index is 644. The highest BCUT2D eigenvalue weighted by Gasteiger charge is 2.10. The minimum Gasteiger partial charge on any atom is -0.392 e. The van der Waals surface area contributed by atoms with Gasteiger partial charge in [-0.15, -0.1) is 22.6 Å². The summed E-state index contributed by atoms with van der Waals surface area (Å²) in [7, 11) is 1.77. The van der Waals surface area contributed by atoms with Crippen molar-refractivity contribution in [2.45, 2.75) is 20.0 Å². The quantitative estimate of drug-likeness (QED) is 0.657. The second-order valence-electron chi connectivity index (χ2n) is 4.90. The first-order chi connectivity index (χ1) is 9.97. The molecule has 1 aromatic carbocycles. The van der Waals surface area contributed by atoms with E-state index in [1.165, 1.54) is 11.3 Å². The van der Waals surface area contributed by atoms with Crippen LogP contribution in [0.1, 0.15) is 12.5 Å². The van der Waals surface area contributed by atoms with Gasteiger partial charge < -0.3 is 15.7 Å². The molecule has 120 valence electrons. The van der Waals surface area contributed by atoms with Crippen LogP contribution in [0.15, 0.2) is 29.3 Å². The number of aliphatic hydroxyl groups excluding tert-OH is 1. The van der Waals surface area contributed by atoms with E-state index in [0.29, 0.717) is 17.6 Å². The smallest absolute Gasteiger partial charge is 0.235 e. The zero-order valence-electron chi connectivity index (χ0n) is 12.7. The molecule has 0 aliphatic carbocycles. The second kappa shape index (κ2) is 8.07. The Balaban J connectivity index is 0.00000242. The summed E-state index contributed by atoms with van der Waals surface area (Å²) in [6.45, 7) is 4.15. The van der Waals surface area contributed by atoms with Crippen molar-refractivity contribution in [1.29, 1.82) is 0 Å². The predicted octanol–water partition coefficient (Wildman–Crippen LogP) is 2.19. The number of benzene rings is 1. The van der Waals surface area contributed by atoms with Crippen molar-refractivity contribution in [3.63, 3.8) is 0 Å². The number of nitrogens with two attached hydrogens (primary N) is 1. The lowest BCUT2D eigenvalue weighted by Gasteiger charge is -2.18. The van der Waals surface area contributed by atoms with Crippen molar-refractivity contribution in [3.05, 3.63) is 29.8 Å². The summed E-state index contributed by atoms with van der Waals surface area (Å²) in [6.07, 6.45) is -0.472. The Morgan fingerprint density at radius 2 is 2.09 bits per heavy atom. The van der Waals surface area contributed by atoms with Crippen LogP contribution in [0.3, 0.4) is 0 Å². The molecule has 0 amide bonds. The molecular weight excluding hydrogens is 322 g/mol. The van der Waals surface area contributed by atoms with Gasteiger partial charge in [0.1, 0.15) is 5.01 Å². The molecule has 8 heteroatoms. The summed E-state index contributed by atoms with van der Waals surface area (Å²) in [5.41, 5.74) is 8.07. The van der Waals surface area contributed by atoms with Crippen molar-refractivity contribution in [3.8, 4) is 10.6 Å². The fourth-order valence-electron chi connectivity index (χ4n) is 1.86. The van der Waals surface area contributed by atoms with Gasteiger partial charge in [-0.1, -0.05) is 35.6 Å². The van der Waals surface area contributed by atoms with Crippen LogP contribution in [0.25, 0.3) is 10.6 Å². The monoisotopic (exact) mass is 341 g/mol. The number of rotatable bonds is 4. The molecule has 0 aliphatic heterocycles. The zero-order chi connectivity index (χ0) is 15.4. The van der Waals surface area contributed by atoms with Gasteiger partial charge in [0.05, 0.1) is 6.10 Å². The highest BCUT2D eigenvalue weighted by atomic mass is 35.5. The summed E-state index contributed by atoms with van der Waals surface area (Å²) in [6, 6.07) is 8.00. The third-order valence-corrected chi connectivity index (χ3v) is 3.78. The summed E-state index contributed by atoms with van der Waals surface area (Å²) in [4.78, 5) is 5.92. The van der Waals surface area contributed by atoms with Crippen molar-refractivity contribution in [2.75, 3.05) is 13.6 Å². The van der Waals surface area contributed by atoms with Crippen LogP contribution in [-0.4, -0.2) is 45.9 Å². The number of aryl methyl sites for hydroxylation is 1. The van der Waals surface area contributed by atoms with E-state index < -0.39 is 6.10 Å². The molecular formula is C14H20ClN5OS. The van der Waals surface area contributed by atoms with Crippen LogP contribution >= 0.6 is 23.7 Å². The first-order valence-corrected chi connectivity index (χ1v) is 7.42. The van der Waals surface area contributed by atoms with Gasteiger partial charge in [-0.2, -0.15) is 4.99 Å². The van der Waals surface area contributed by atoms with Crippen LogP contribution in [0.4, 0.5) is 5.13 Å². The second-order valence-corrected chi connectivity index (χ2v) is 5.86. The average molecular weight is 342 g/mol. The number of aliphatic hydroxyl groups is 1. The van der Waals surface area contributed by atoms with Crippen molar-refractivity contribution in [2.24, 2.45) is 10.7 Å². The summed E-state index contributed by atoms with van der Waals surface area (Å²) in [5, 5.41) is 18.9. The maximum absolute atomic E-state index is 9.34. The van der Waals surface area contributed by atoms with Crippen LogP contribution in [-0.2, 0) is 0 Å². The topological polar surface area (TPSA) is 87.6 Å². The fourth-order valence-corrected chi connectivity index (χ4v) is 2.67. The maximum atomic E-state index is 9.34. The van der Waals surface area contributed by atoms with E-state index in [1.54, 1.807) is 18.9 Å². The first-order valence-electron chi connectivity index (χ1n) is 6.60. The molecule has 1 aromatic heterocycles. The molecule has 0 radical (unpaired) electrons. The minimum atomic E-state index is -0.472. The molecule has 1 unspecified atom stereocenters. The largest absolute Gasteiger partial charge is 0.392 e. The van der Waals surface area contributed by atoms with Gasteiger partial charge in [0.2, 0.25) is 5.13 Å². The van der Waals surface area contributed by atoms with Crippen LogP contribution < -0.4 is 5.73 Å². The molecule has 2 rings (SSSR count). The Labute approximate surface area is 140 Å². The maximum Gasteiger partial charge on any atom is 0.235 e. The molecule has 0 aliphatic rings. The van der Waals surface area contributed by atoms with Gasteiger partial charge in [0.25, 0.3) is 0 Å². The van der Waals surface area contributed by atoms with Crippen molar-refractivity contribution in [1.82, 2.24) is 15.1 Å². The number of likely N-dealkylation sites (N-methyl/N-ethyl adjacent to an activating group) is 1. The number of aliphatic imine (C=N–C) groups is 1. The highest BCUT2D eigenvalue weighted by molar-refractivity contribution is 7.18. The van der Waals surface area contributed by atoms with E-state index >= 15 is 0 Å². The lowest BCUT2D eigenvalue weighted by molar-refractivity contribution is 0.167. The molecule has 0 spiro atoms. The molecule has 1 atom stereocenters. The minimum absolute atomic E-state index is 0. The van der Waals surface area contributed by atoms with Crippen molar-refractivity contribution >= 4 is 34.8 Å². The third-order valence-electron chi connectivity index (χ3n) is 2.93. The zero-order valence-corrected chi connectivity index (χ0v) is 14.4. The average Bonchev–Trinajstić information content (AvgIpc) is 2.86. The Morgan fingerprint density at radius 1 is 1.41 bits per heavy atom. The Morgan fingerprint density at radius 3 is 2.73 bits per heavy atom. The lowest BCUT2D eigenvalue weighted by atomic mass is 10.1. The molecule has 2 aromatic rings. The van der Waals surface area contributed by atoms with Gasteiger partial charge >= 0.3 is 0 Å². The van der Waals surface area contributed by atoms with Crippen LogP contribution in [0.2, 0.25) is 0 Å². The fraction of sp³-hybridized carbons (Fsp3) is 0.357. The Kier molecular flexibility index (Phi) is 6.73. The number of guanidine groups is 1. The standard InChI is InChI=1S/C14H19N5OS.ClH/c1-9-6-4-5-7-11(9)12-17-18-14(21-12)16-13(15)19(3)8-10(2)20;/h4-7,10,20H,8H2,1-3H3,(H2,15,16,18);1H. The molecule has 3 N–H and O–H groups in total. The van der Waals surface area contributed by atoms with E-state index in [9.17, 15) is 5.11 Å². The number of aromatic nitrogens is 2. The van der Waals surface area contributed by atoms with Gasteiger partial charge in [-0.3, -0.25) is 0 Å². The molecule has 0 saturated carbocycles. The summed E-state index contributed by atoms with van der Waals surface area (Å²) < 4.78 is 0. The van der Waals surface area contributed by atoms with Crippen LogP contribution in [0, 0.1) is 6.92 Å². The molecule has 0 fully saturated rings. The van der Waals surface area contributed by atoms with Gasteiger partial charge in [-0.05, 0) is 19.4 Å². The molecule has 1 heterocycles. The lowest BCUT2D eigenvalue weighted by Crippen LogP contribution is -2.38. The van der Waals surface area contributed by atoms with Gasteiger partial charge in [0, 0.05) is 19.2 Å². The Hall–Kier alpha value is -1.70. The number of nitrogens with zero attached hydrogens (tertiary/aromatic N) is 4. The summed E-state index contributed by atoms with van der Waals surface area (Å²) in [5.74, 6) is 0.309. The molecule has 6 nitrogen and oxygen atoms in total. The third kappa shape index (κ3) is 4.66. The van der Waals surface area contributed by atoms with E-state index in [4.69, 9.17) is 5.73 Å². The number of hydrogen-bond acceptors (Lipinski definition) is 5. The normalized spacial score (nSPS) is 12.6. The number of hydrogen-bond donors (Lipinski definition) is 2. The van der Waals surface area contributed by atoms with Gasteiger partial charge in [0.15, 0.2) is 5.96 Å². The SMILES string of the molecule is Cc1ccccc1-c1nnc(N=C(N)N(C)CC(C)O)s1.Cl. The molecule has 0 saturated heterocycles. The van der Waals surface area contributed by atoms with E-state index in [1.807, 2.05) is 31.2 Å². The first kappa shape index (κ1) is 18.3. The number of halogens is 1. The highest BCUT2D eigenvalue weighted by Crippen LogP contribution is 2.29.